The van der Waals surface area contributed by atoms with E-state index < -0.39 is 0 Å². The predicted octanol–water partition coefficient (Wildman–Crippen LogP) is 0.0877. The number of carbonyl (C=O) groups excluding carboxylic acids is 1. The van der Waals surface area contributed by atoms with Gasteiger partial charge in [-0.3, -0.25) is 4.79 Å². The van der Waals surface area contributed by atoms with Crippen molar-refractivity contribution in [2.45, 2.75) is 11.7 Å². The third kappa shape index (κ3) is 5.17. The van der Waals surface area contributed by atoms with E-state index in [9.17, 15) is 4.79 Å². The molecule has 5 nitrogen and oxygen atoms in total. The van der Waals surface area contributed by atoms with Crippen molar-refractivity contribution >= 4 is 35.3 Å². The molecule has 0 saturated carbocycles. The van der Waals surface area contributed by atoms with Crippen molar-refractivity contribution in [3.63, 3.8) is 0 Å². The van der Waals surface area contributed by atoms with Crippen molar-refractivity contribution in [1.82, 2.24) is 5.32 Å². The first-order valence-electron chi connectivity index (χ1n) is 4.65. The van der Waals surface area contributed by atoms with E-state index in [0.29, 0.717) is 11.8 Å². The maximum Gasteiger partial charge on any atom is 0.227 e. The summed E-state index contributed by atoms with van der Waals surface area (Å²) < 4.78 is 0. The van der Waals surface area contributed by atoms with Gasteiger partial charge >= 0.3 is 0 Å². The third-order valence-corrected chi connectivity index (χ3v) is 4.73. The molecule has 1 amide bonds. The SMILES string of the molecule is NC(CC(=O)NCC1CSCCS1)=NO. The fourth-order valence-corrected chi connectivity index (χ4v) is 3.76. The molecule has 4 N–H and O–H groups in total. The van der Waals surface area contributed by atoms with Crippen molar-refractivity contribution < 1.29 is 10.0 Å². The molecule has 7 heteroatoms. The molecule has 0 radical (unpaired) electrons. The van der Waals surface area contributed by atoms with Gasteiger partial charge in [0.05, 0.1) is 6.42 Å². The predicted molar refractivity (Wildman–Crippen MR) is 64.6 cm³/mol. The van der Waals surface area contributed by atoms with E-state index in [4.69, 9.17) is 10.9 Å². The summed E-state index contributed by atoms with van der Waals surface area (Å²) in [7, 11) is 0. The summed E-state index contributed by atoms with van der Waals surface area (Å²) in [6.07, 6.45) is -0.0406. The van der Waals surface area contributed by atoms with Crippen LogP contribution in [-0.4, -0.2) is 46.0 Å². The highest BCUT2D eigenvalue weighted by atomic mass is 32.2. The Morgan fingerprint density at radius 1 is 1.60 bits per heavy atom. The summed E-state index contributed by atoms with van der Waals surface area (Å²) in [4.78, 5) is 11.3. The second kappa shape index (κ2) is 6.84. The molecule has 1 saturated heterocycles. The van der Waals surface area contributed by atoms with Gasteiger partial charge in [0, 0.05) is 29.1 Å². The van der Waals surface area contributed by atoms with Gasteiger partial charge in [0.15, 0.2) is 0 Å². The first-order valence-corrected chi connectivity index (χ1v) is 6.85. The van der Waals surface area contributed by atoms with Gasteiger partial charge in [-0.05, 0) is 0 Å². The molecule has 1 aliphatic heterocycles. The summed E-state index contributed by atoms with van der Waals surface area (Å²) in [6.45, 7) is 0.662. The van der Waals surface area contributed by atoms with Gasteiger partial charge in [-0.25, -0.2) is 0 Å². The molecule has 1 unspecified atom stereocenters. The third-order valence-electron chi connectivity index (χ3n) is 1.88. The Labute approximate surface area is 97.2 Å². The summed E-state index contributed by atoms with van der Waals surface area (Å²) >= 11 is 3.80. The first-order chi connectivity index (χ1) is 7.22. The quantitative estimate of drug-likeness (QED) is 0.284. The van der Waals surface area contributed by atoms with Crippen molar-refractivity contribution in [2.24, 2.45) is 10.9 Å². The topological polar surface area (TPSA) is 87.7 Å². The molecular formula is C8H15N3O2S2. The highest BCUT2D eigenvalue weighted by Gasteiger charge is 2.15. The molecule has 0 aliphatic carbocycles. The van der Waals surface area contributed by atoms with Crippen LogP contribution in [0.4, 0.5) is 0 Å². The smallest absolute Gasteiger partial charge is 0.227 e. The maximum absolute atomic E-state index is 11.3. The van der Waals surface area contributed by atoms with Crippen molar-refractivity contribution in [2.75, 3.05) is 23.8 Å². The van der Waals surface area contributed by atoms with Crippen LogP contribution in [0.25, 0.3) is 0 Å². The van der Waals surface area contributed by atoms with Crippen LogP contribution in [0, 0.1) is 0 Å². The number of rotatable bonds is 4. The van der Waals surface area contributed by atoms with Crippen LogP contribution in [0.15, 0.2) is 5.16 Å². The van der Waals surface area contributed by atoms with E-state index in [1.807, 2.05) is 23.5 Å². The molecule has 0 aromatic heterocycles. The number of amides is 1. The van der Waals surface area contributed by atoms with E-state index in [1.165, 1.54) is 5.75 Å². The first kappa shape index (κ1) is 12.5. The number of nitrogens with one attached hydrogen (secondary N) is 1. The Bertz CT molecular complexity index is 242. The zero-order valence-corrected chi connectivity index (χ0v) is 9.94. The summed E-state index contributed by atoms with van der Waals surface area (Å²) in [6, 6.07) is 0. The molecule has 0 bridgehead atoms. The highest BCUT2D eigenvalue weighted by molar-refractivity contribution is 8.06. The number of hydrogen-bond acceptors (Lipinski definition) is 5. The molecule has 0 spiro atoms. The minimum Gasteiger partial charge on any atom is -0.409 e. The fourth-order valence-electron chi connectivity index (χ4n) is 1.14. The molecule has 1 fully saturated rings. The Morgan fingerprint density at radius 2 is 2.40 bits per heavy atom. The van der Waals surface area contributed by atoms with Crippen molar-refractivity contribution in [3.8, 4) is 0 Å². The fraction of sp³-hybridized carbons (Fsp3) is 0.750. The molecule has 1 atom stereocenters. The standard InChI is InChI=1S/C8H15N3O2S2/c9-7(11-13)3-8(12)10-4-6-5-14-1-2-15-6/h6,13H,1-5H2,(H2,9,11)(H,10,12). The molecular weight excluding hydrogens is 234 g/mol. The summed E-state index contributed by atoms with van der Waals surface area (Å²) in [5.74, 6) is 3.17. The van der Waals surface area contributed by atoms with Crippen LogP contribution in [0.5, 0.6) is 0 Å². The average Bonchev–Trinajstić information content (AvgIpc) is 2.27. The summed E-state index contributed by atoms with van der Waals surface area (Å²) in [5, 5.41) is 14.3. The molecule has 1 heterocycles. The monoisotopic (exact) mass is 249 g/mol. The van der Waals surface area contributed by atoms with Crippen LogP contribution < -0.4 is 11.1 Å². The largest absolute Gasteiger partial charge is 0.409 e. The molecule has 0 aromatic rings. The van der Waals surface area contributed by atoms with Gasteiger partial charge in [0.1, 0.15) is 5.84 Å². The number of thioether (sulfide) groups is 2. The van der Waals surface area contributed by atoms with E-state index in [0.717, 1.165) is 11.5 Å². The molecule has 0 aromatic carbocycles. The minimum atomic E-state index is -0.193. The lowest BCUT2D eigenvalue weighted by molar-refractivity contribution is -0.119. The van der Waals surface area contributed by atoms with Crippen molar-refractivity contribution in [1.29, 1.82) is 0 Å². The van der Waals surface area contributed by atoms with Crippen molar-refractivity contribution in [3.05, 3.63) is 0 Å². The van der Waals surface area contributed by atoms with Gasteiger partial charge < -0.3 is 16.3 Å². The number of amidine groups is 1. The Hall–Kier alpha value is -0.560. The Balaban J connectivity index is 2.15. The van der Waals surface area contributed by atoms with Gasteiger partial charge in [-0.15, -0.1) is 0 Å². The minimum absolute atomic E-state index is 0.0406. The van der Waals surface area contributed by atoms with E-state index in [-0.39, 0.29) is 18.2 Å². The van der Waals surface area contributed by atoms with Gasteiger partial charge in [-0.1, -0.05) is 5.16 Å². The van der Waals surface area contributed by atoms with Gasteiger partial charge in [0.2, 0.25) is 5.91 Å². The lowest BCUT2D eigenvalue weighted by Crippen LogP contribution is -2.35. The van der Waals surface area contributed by atoms with Gasteiger partial charge in [0.25, 0.3) is 0 Å². The highest BCUT2D eigenvalue weighted by Crippen LogP contribution is 2.23. The van der Waals surface area contributed by atoms with Crippen LogP contribution in [0.1, 0.15) is 6.42 Å². The Kier molecular flexibility index (Phi) is 5.70. The van der Waals surface area contributed by atoms with E-state index >= 15 is 0 Å². The molecule has 1 aliphatic rings. The number of nitrogens with zero attached hydrogens (tertiary/aromatic N) is 1. The average molecular weight is 249 g/mol. The number of oxime groups is 1. The second-order valence-corrected chi connectivity index (χ2v) is 5.70. The van der Waals surface area contributed by atoms with Gasteiger partial charge in [-0.2, -0.15) is 23.5 Å². The number of nitrogens with two attached hydrogens (primary N) is 1. The van der Waals surface area contributed by atoms with Crippen LogP contribution in [0.3, 0.4) is 0 Å². The normalized spacial score (nSPS) is 22.4. The van der Waals surface area contributed by atoms with Crippen LogP contribution >= 0.6 is 23.5 Å². The van der Waals surface area contributed by atoms with E-state index in [1.54, 1.807) is 0 Å². The Morgan fingerprint density at radius 3 is 3.00 bits per heavy atom. The summed E-state index contributed by atoms with van der Waals surface area (Å²) in [5.41, 5.74) is 5.21. The number of hydrogen-bond donors (Lipinski definition) is 3. The lowest BCUT2D eigenvalue weighted by Gasteiger charge is -2.20. The number of carbonyl (C=O) groups is 1. The zero-order chi connectivity index (χ0) is 11.1. The van der Waals surface area contributed by atoms with E-state index in [2.05, 4.69) is 10.5 Å². The lowest BCUT2D eigenvalue weighted by atomic mass is 10.3. The van der Waals surface area contributed by atoms with Crippen LogP contribution in [0.2, 0.25) is 0 Å². The van der Waals surface area contributed by atoms with Crippen LogP contribution in [-0.2, 0) is 4.79 Å². The molecule has 15 heavy (non-hydrogen) atoms. The molecule has 86 valence electrons. The zero-order valence-electron chi connectivity index (χ0n) is 8.31. The molecule has 1 rings (SSSR count). The maximum atomic E-state index is 11.3. The second-order valence-electron chi connectivity index (χ2n) is 3.14.